The lowest BCUT2D eigenvalue weighted by molar-refractivity contribution is 0.329. The van der Waals surface area contributed by atoms with Gasteiger partial charge in [0.05, 0.1) is 0 Å². The highest BCUT2D eigenvalue weighted by Gasteiger charge is 2.14. The van der Waals surface area contributed by atoms with Gasteiger partial charge in [0.15, 0.2) is 0 Å². The fourth-order valence-corrected chi connectivity index (χ4v) is 2.95. The largest absolute Gasteiger partial charge is 0.316 e. The Hall–Kier alpha value is -0.0800. The van der Waals surface area contributed by atoms with Crippen LogP contribution in [-0.4, -0.2) is 37.6 Å². The number of hydrogen-bond acceptors (Lipinski definition) is 2. The van der Waals surface area contributed by atoms with Gasteiger partial charge in [-0.1, -0.05) is 12.8 Å². The molecule has 0 aromatic carbocycles. The van der Waals surface area contributed by atoms with Crippen LogP contribution < -0.4 is 5.32 Å². The summed E-state index contributed by atoms with van der Waals surface area (Å²) in [5.74, 6) is 0.997. The van der Waals surface area contributed by atoms with Crippen molar-refractivity contribution in [2.75, 3.05) is 32.7 Å². The van der Waals surface area contributed by atoms with Crippen LogP contribution in [0.3, 0.4) is 0 Å². The predicted molar refractivity (Wildman–Crippen MR) is 65.1 cm³/mol. The zero-order valence-corrected chi connectivity index (χ0v) is 10.0. The summed E-state index contributed by atoms with van der Waals surface area (Å²) >= 11 is 0. The monoisotopic (exact) mass is 210 g/mol. The molecule has 15 heavy (non-hydrogen) atoms. The van der Waals surface area contributed by atoms with Crippen molar-refractivity contribution in [1.29, 1.82) is 0 Å². The molecule has 0 amide bonds. The first-order valence-corrected chi connectivity index (χ1v) is 6.88. The molecule has 2 rings (SSSR count). The molecular formula is C13H26N2. The first-order chi connectivity index (χ1) is 7.45. The minimum Gasteiger partial charge on any atom is -0.316 e. The van der Waals surface area contributed by atoms with E-state index in [0.29, 0.717) is 0 Å². The van der Waals surface area contributed by atoms with Gasteiger partial charge >= 0.3 is 0 Å². The van der Waals surface area contributed by atoms with Crippen molar-refractivity contribution in [3.8, 4) is 0 Å². The molecule has 1 saturated carbocycles. The van der Waals surface area contributed by atoms with Crippen molar-refractivity contribution in [3.63, 3.8) is 0 Å². The fourth-order valence-electron chi connectivity index (χ4n) is 2.95. The standard InChI is InChI=1S/C13H26N2/c1-2-7-13(6-1)12-14-8-5-11-15-9-3-4-10-15/h13-14H,1-12H2. The molecule has 1 saturated heterocycles. The molecule has 0 unspecified atom stereocenters. The Bertz CT molecular complexity index is 140. The molecule has 0 aromatic heterocycles. The minimum absolute atomic E-state index is 0.997. The molecule has 2 nitrogen and oxygen atoms in total. The number of likely N-dealkylation sites (tertiary alicyclic amines) is 1. The lowest BCUT2D eigenvalue weighted by atomic mass is 10.1. The van der Waals surface area contributed by atoms with Crippen molar-refractivity contribution < 1.29 is 0 Å². The SMILES string of the molecule is C1CCC(CNCCCN2CCCC2)C1. The lowest BCUT2D eigenvalue weighted by Gasteiger charge is -2.15. The van der Waals surface area contributed by atoms with E-state index in [0.717, 1.165) is 5.92 Å². The summed E-state index contributed by atoms with van der Waals surface area (Å²) in [7, 11) is 0. The van der Waals surface area contributed by atoms with E-state index in [2.05, 4.69) is 10.2 Å². The van der Waals surface area contributed by atoms with Crippen LogP contribution in [0, 0.1) is 5.92 Å². The molecule has 1 N–H and O–H groups in total. The van der Waals surface area contributed by atoms with Crippen LogP contribution in [0.5, 0.6) is 0 Å². The topological polar surface area (TPSA) is 15.3 Å². The van der Waals surface area contributed by atoms with E-state index >= 15 is 0 Å². The summed E-state index contributed by atoms with van der Waals surface area (Å²) in [5.41, 5.74) is 0. The van der Waals surface area contributed by atoms with Gasteiger partial charge in [-0.2, -0.15) is 0 Å². The Labute approximate surface area is 94.4 Å². The van der Waals surface area contributed by atoms with Crippen LogP contribution in [-0.2, 0) is 0 Å². The van der Waals surface area contributed by atoms with Crippen molar-refractivity contribution in [2.45, 2.75) is 44.9 Å². The van der Waals surface area contributed by atoms with Crippen molar-refractivity contribution >= 4 is 0 Å². The van der Waals surface area contributed by atoms with Crippen LogP contribution in [0.4, 0.5) is 0 Å². The highest BCUT2D eigenvalue weighted by atomic mass is 15.1. The molecule has 2 fully saturated rings. The third-order valence-electron chi connectivity index (χ3n) is 3.93. The average Bonchev–Trinajstić information content (AvgIpc) is 2.88. The maximum atomic E-state index is 3.62. The Balaban J connectivity index is 1.41. The first kappa shape index (κ1) is 11.4. The van der Waals surface area contributed by atoms with E-state index < -0.39 is 0 Å². The van der Waals surface area contributed by atoms with Crippen molar-refractivity contribution in [3.05, 3.63) is 0 Å². The zero-order valence-electron chi connectivity index (χ0n) is 10.0. The molecule has 0 radical (unpaired) electrons. The Morgan fingerprint density at radius 3 is 2.47 bits per heavy atom. The predicted octanol–water partition coefficient (Wildman–Crippen LogP) is 2.25. The van der Waals surface area contributed by atoms with Crippen molar-refractivity contribution in [1.82, 2.24) is 10.2 Å². The molecule has 0 spiro atoms. The summed E-state index contributed by atoms with van der Waals surface area (Å²) in [5, 5.41) is 3.62. The van der Waals surface area contributed by atoms with Crippen LogP contribution in [0.15, 0.2) is 0 Å². The molecule has 2 heteroatoms. The molecule has 88 valence electrons. The normalized spacial score (nSPS) is 24.0. The summed E-state index contributed by atoms with van der Waals surface area (Å²) in [4.78, 5) is 2.61. The van der Waals surface area contributed by atoms with E-state index in [9.17, 15) is 0 Å². The van der Waals surface area contributed by atoms with Crippen LogP contribution in [0.2, 0.25) is 0 Å². The second-order valence-electron chi connectivity index (χ2n) is 5.26. The highest BCUT2D eigenvalue weighted by Crippen LogP contribution is 2.23. The Kier molecular flexibility index (Phi) is 4.94. The maximum absolute atomic E-state index is 3.62. The lowest BCUT2D eigenvalue weighted by Crippen LogP contribution is -2.27. The summed E-state index contributed by atoms with van der Waals surface area (Å²) in [6.45, 7) is 6.52. The van der Waals surface area contributed by atoms with Gasteiger partial charge < -0.3 is 10.2 Å². The van der Waals surface area contributed by atoms with Gasteiger partial charge in [0.25, 0.3) is 0 Å². The first-order valence-electron chi connectivity index (χ1n) is 6.88. The molecule has 0 atom stereocenters. The van der Waals surface area contributed by atoms with Crippen LogP contribution >= 0.6 is 0 Å². The third kappa shape index (κ3) is 4.12. The second kappa shape index (κ2) is 6.49. The number of nitrogens with zero attached hydrogens (tertiary/aromatic N) is 1. The molecule has 2 aliphatic rings. The molecule has 1 aliphatic heterocycles. The number of nitrogens with one attached hydrogen (secondary N) is 1. The molecule has 0 bridgehead atoms. The van der Waals surface area contributed by atoms with Gasteiger partial charge in [0, 0.05) is 0 Å². The van der Waals surface area contributed by atoms with Crippen molar-refractivity contribution in [2.24, 2.45) is 5.92 Å². The highest BCUT2D eigenvalue weighted by molar-refractivity contribution is 4.70. The summed E-state index contributed by atoms with van der Waals surface area (Å²) in [6.07, 6.45) is 10.1. The molecule has 1 aliphatic carbocycles. The van der Waals surface area contributed by atoms with Gasteiger partial charge in [-0.15, -0.1) is 0 Å². The minimum atomic E-state index is 0.997. The second-order valence-corrected chi connectivity index (χ2v) is 5.26. The molecule has 0 aromatic rings. The number of hydrogen-bond donors (Lipinski definition) is 1. The maximum Gasteiger partial charge on any atom is -0.000664 e. The molecule has 1 heterocycles. The van der Waals surface area contributed by atoms with Gasteiger partial charge in [-0.25, -0.2) is 0 Å². The van der Waals surface area contributed by atoms with E-state index in [1.165, 1.54) is 77.7 Å². The van der Waals surface area contributed by atoms with Gasteiger partial charge in [0.1, 0.15) is 0 Å². The van der Waals surface area contributed by atoms with Gasteiger partial charge in [0.2, 0.25) is 0 Å². The van der Waals surface area contributed by atoms with Crippen LogP contribution in [0.1, 0.15) is 44.9 Å². The Morgan fingerprint density at radius 2 is 1.73 bits per heavy atom. The fraction of sp³-hybridized carbons (Fsp3) is 1.00. The van der Waals surface area contributed by atoms with E-state index in [4.69, 9.17) is 0 Å². The summed E-state index contributed by atoms with van der Waals surface area (Å²) < 4.78 is 0. The average molecular weight is 210 g/mol. The van der Waals surface area contributed by atoms with Gasteiger partial charge in [-0.05, 0) is 70.7 Å². The van der Waals surface area contributed by atoms with E-state index in [-0.39, 0.29) is 0 Å². The zero-order chi connectivity index (χ0) is 10.3. The third-order valence-corrected chi connectivity index (χ3v) is 3.93. The molecular weight excluding hydrogens is 184 g/mol. The quantitative estimate of drug-likeness (QED) is 0.677. The van der Waals surface area contributed by atoms with E-state index in [1.54, 1.807) is 0 Å². The number of rotatable bonds is 6. The van der Waals surface area contributed by atoms with Crippen LogP contribution in [0.25, 0.3) is 0 Å². The van der Waals surface area contributed by atoms with Gasteiger partial charge in [-0.3, -0.25) is 0 Å². The smallest absolute Gasteiger partial charge is 0.000664 e. The summed E-state index contributed by atoms with van der Waals surface area (Å²) in [6, 6.07) is 0. The van der Waals surface area contributed by atoms with E-state index in [1.807, 2.05) is 0 Å². The Morgan fingerprint density at radius 1 is 1.00 bits per heavy atom.